The third kappa shape index (κ3) is 3.15. The summed E-state index contributed by atoms with van der Waals surface area (Å²) in [5.41, 5.74) is 7.19. The van der Waals surface area contributed by atoms with E-state index in [1.807, 2.05) is 24.3 Å². The number of rotatable bonds is 5. The molecule has 8 nitrogen and oxygen atoms in total. The van der Waals surface area contributed by atoms with Crippen molar-refractivity contribution >= 4 is 22.0 Å². The van der Waals surface area contributed by atoms with Crippen molar-refractivity contribution in [1.82, 2.24) is 19.9 Å². The van der Waals surface area contributed by atoms with Crippen LogP contribution in [0.5, 0.6) is 5.75 Å². The predicted molar refractivity (Wildman–Crippen MR) is 85.6 cm³/mol. The molecule has 4 N–H and O–H groups in total. The van der Waals surface area contributed by atoms with Crippen LogP contribution in [0.15, 0.2) is 40.4 Å². The van der Waals surface area contributed by atoms with Gasteiger partial charge >= 0.3 is 5.69 Å². The van der Waals surface area contributed by atoms with Crippen LogP contribution in [0.1, 0.15) is 5.56 Å². The Hall–Kier alpha value is -2.52. The summed E-state index contributed by atoms with van der Waals surface area (Å²) in [5.74, 6) is 0.742. The first-order valence-corrected chi connectivity index (χ1v) is 8.02. The first kappa shape index (κ1) is 15.4. The summed E-state index contributed by atoms with van der Waals surface area (Å²) in [6.07, 6.45) is 1.65. The van der Waals surface area contributed by atoms with Gasteiger partial charge < -0.3 is 15.5 Å². The molecule has 1 aromatic carbocycles. The van der Waals surface area contributed by atoms with Crippen LogP contribution >= 0.6 is 0 Å². The van der Waals surface area contributed by atoms with Gasteiger partial charge in [0.05, 0.1) is 23.3 Å². The van der Waals surface area contributed by atoms with Crippen molar-refractivity contribution in [1.29, 1.82) is 0 Å². The average molecular weight is 333 g/mol. The van der Waals surface area contributed by atoms with Crippen LogP contribution < -0.4 is 16.2 Å². The topological polar surface area (TPSA) is 127 Å². The number of nitrogens with zero attached hydrogens (tertiary/aromatic N) is 2. The molecule has 0 aliphatic rings. The average Bonchev–Trinajstić information content (AvgIpc) is 2.95. The lowest BCUT2D eigenvalue weighted by Crippen LogP contribution is -2.29. The lowest BCUT2D eigenvalue weighted by Gasteiger charge is -2.11. The molecule has 2 atom stereocenters. The number of fused-ring (bicyclic) bond motifs is 1. The van der Waals surface area contributed by atoms with Crippen molar-refractivity contribution in [3.05, 3.63) is 46.6 Å². The number of nitrogens with two attached hydrogens (primary N) is 1. The fourth-order valence-corrected chi connectivity index (χ4v) is 3.33. The minimum Gasteiger partial charge on any atom is -0.497 e. The predicted octanol–water partition coefficient (Wildman–Crippen LogP) is 0.290. The fraction of sp³-hybridized carbons (Fsp3) is 0.214. The fourth-order valence-electron chi connectivity index (χ4n) is 2.19. The Kier molecular flexibility index (Phi) is 4.22. The second-order valence-electron chi connectivity index (χ2n) is 4.87. The highest BCUT2D eigenvalue weighted by molar-refractivity contribution is 7.85. The van der Waals surface area contributed by atoms with E-state index in [9.17, 15) is 9.00 Å². The Bertz CT molecular complexity index is 903. The molecule has 3 aromatic rings. The summed E-state index contributed by atoms with van der Waals surface area (Å²) in [4.78, 5) is 24.3. The number of nitrogens with one attached hydrogen (secondary N) is 2. The van der Waals surface area contributed by atoms with Crippen LogP contribution in [0.25, 0.3) is 11.2 Å². The second kappa shape index (κ2) is 6.31. The van der Waals surface area contributed by atoms with Crippen molar-refractivity contribution in [3.63, 3.8) is 0 Å². The van der Waals surface area contributed by atoms with Gasteiger partial charge in [-0.15, -0.1) is 0 Å². The van der Waals surface area contributed by atoms with Gasteiger partial charge in [0.15, 0.2) is 10.7 Å². The minimum absolute atomic E-state index is 0.217. The summed E-state index contributed by atoms with van der Waals surface area (Å²) >= 11 is 0. The number of ether oxygens (including phenoxy) is 1. The van der Waals surface area contributed by atoms with Crippen LogP contribution in [-0.4, -0.2) is 36.6 Å². The van der Waals surface area contributed by atoms with Gasteiger partial charge in [-0.05, 0) is 24.1 Å². The zero-order valence-electron chi connectivity index (χ0n) is 12.3. The van der Waals surface area contributed by atoms with E-state index < -0.39 is 21.9 Å². The molecule has 23 heavy (non-hydrogen) atoms. The highest BCUT2D eigenvalue weighted by Gasteiger charge is 2.20. The van der Waals surface area contributed by atoms with E-state index in [1.54, 1.807) is 7.11 Å². The first-order valence-electron chi connectivity index (χ1n) is 6.80. The molecule has 3 rings (SSSR count). The Morgan fingerprint density at radius 2 is 2.00 bits per heavy atom. The van der Waals surface area contributed by atoms with E-state index in [-0.39, 0.29) is 5.03 Å². The van der Waals surface area contributed by atoms with E-state index >= 15 is 0 Å². The molecule has 0 radical (unpaired) electrons. The van der Waals surface area contributed by atoms with E-state index in [1.165, 1.54) is 6.33 Å². The maximum Gasteiger partial charge on any atom is 0.325 e. The Morgan fingerprint density at radius 3 is 2.70 bits per heavy atom. The number of methoxy groups -OCH3 is 1. The van der Waals surface area contributed by atoms with Gasteiger partial charge in [0.1, 0.15) is 17.6 Å². The number of H-pyrrole nitrogens is 2. The number of benzene rings is 1. The maximum atomic E-state index is 12.6. The normalized spacial score (nSPS) is 13.8. The van der Waals surface area contributed by atoms with E-state index in [0.29, 0.717) is 17.6 Å². The van der Waals surface area contributed by atoms with Gasteiger partial charge in [0, 0.05) is 0 Å². The quantitative estimate of drug-likeness (QED) is 0.576. The van der Waals surface area contributed by atoms with Crippen molar-refractivity contribution in [2.75, 3.05) is 7.11 Å². The molecule has 2 aromatic heterocycles. The standard InChI is InChI=1S/C14H15N5O3S/c1-22-9-4-2-8(3-5-9)6-10(15)23(21)13-11-12(16-7-17-13)19-14(20)18-11/h2-5,7,10H,6,15H2,1H3,(H2,16,17,18,19,20). The zero-order chi connectivity index (χ0) is 16.4. The second-order valence-corrected chi connectivity index (χ2v) is 6.46. The van der Waals surface area contributed by atoms with Crippen LogP contribution in [-0.2, 0) is 17.2 Å². The van der Waals surface area contributed by atoms with Crippen molar-refractivity contribution in [2.45, 2.75) is 16.8 Å². The molecule has 0 aliphatic carbocycles. The Labute approximate surface area is 133 Å². The van der Waals surface area contributed by atoms with Crippen molar-refractivity contribution in [2.24, 2.45) is 5.73 Å². The van der Waals surface area contributed by atoms with E-state index in [0.717, 1.165) is 11.3 Å². The van der Waals surface area contributed by atoms with Crippen molar-refractivity contribution < 1.29 is 8.95 Å². The summed E-state index contributed by atoms with van der Waals surface area (Å²) in [7, 11) is -0.000667. The molecular formula is C14H15N5O3S. The molecule has 0 saturated heterocycles. The Balaban J connectivity index is 1.84. The van der Waals surface area contributed by atoms with Gasteiger partial charge in [-0.2, -0.15) is 0 Å². The number of aromatic amines is 2. The summed E-state index contributed by atoms with van der Waals surface area (Å²) in [6.45, 7) is 0. The molecule has 120 valence electrons. The van der Waals surface area contributed by atoms with Crippen molar-refractivity contribution in [3.8, 4) is 5.75 Å². The molecule has 2 unspecified atom stereocenters. The van der Waals surface area contributed by atoms with Gasteiger partial charge in [0.25, 0.3) is 0 Å². The molecule has 0 aliphatic heterocycles. The lowest BCUT2D eigenvalue weighted by molar-refractivity contribution is 0.414. The molecule has 9 heteroatoms. The number of hydrogen-bond donors (Lipinski definition) is 3. The largest absolute Gasteiger partial charge is 0.497 e. The third-order valence-electron chi connectivity index (χ3n) is 3.34. The van der Waals surface area contributed by atoms with E-state index in [2.05, 4.69) is 19.9 Å². The number of aromatic nitrogens is 4. The molecule has 0 bridgehead atoms. The molecule has 0 saturated carbocycles. The third-order valence-corrected chi connectivity index (χ3v) is 4.75. The summed E-state index contributed by atoms with van der Waals surface area (Å²) in [6, 6.07) is 7.36. The van der Waals surface area contributed by atoms with Crippen LogP contribution in [0.3, 0.4) is 0 Å². The molecule has 0 amide bonds. The number of hydrogen-bond acceptors (Lipinski definition) is 6. The smallest absolute Gasteiger partial charge is 0.325 e. The summed E-state index contributed by atoms with van der Waals surface area (Å²) in [5, 5.41) is -0.450. The van der Waals surface area contributed by atoms with E-state index in [4.69, 9.17) is 10.5 Å². The molecule has 0 spiro atoms. The molecule has 0 fully saturated rings. The van der Waals surface area contributed by atoms with Crippen LogP contribution in [0, 0.1) is 0 Å². The monoisotopic (exact) mass is 333 g/mol. The van der Waals surface area contributed by atoms with Crippen LogP contribution in [0.2, 0.25) is 0 Å². The maximum absolute atomic E-state index is 12.6. The van der Waals surface area contributed by atoms with Gasteiger partial charge in [-0.3, -0.25) is 9.19 Å². The van der Waals surface area contributed by atoms with Crippen LogP contribution in [0.4, 0.5) is 0 Å². The molecular weight excluding hydrogens is 318 g/mol. The first-order chi connectivity index (χ1) is 11.1. The highest BCUT2D eigenvalue weighted by Crippen LogP contribution is 2.17. The minimum atomic E-state index is -1.59. The summed E-state index contributed by atoms with van der Waals surface area (Å²) < 4.78 is 17.7. The SMILES string of the molecule is COc1ccc(CC(N)S(=O)c2ncnc3[nH]c(=O)[nH]c23)cc1. The van der Waals surface area contributed by atoms with Gasteiger partial charge in [-0.1, -0.05) is 12.1 Å². The zero-order valence-corrected chi connectivity index (χ0v) is 13.1. The molecule has 2 heterocycles. The highest BCUT2D eigenvalue weighted by atomic mass is 32.2. The Morgan fingerprint density at radius 1 is 1.26 bits per heavy atom. The lowest BCUT2D eigenvalue weighted by atomic mass is 10.1. The van der Waals surface area contributed by atoms with Gasteiger partial charge in [-0.25, -0.2) is 14.8 Å². The van der Waals surface area contributed by atoms with Gasteiger partial charge in [0.2, 0.25) is 0 Å². The number of imidazole rings is 1.